The van der Waals surface area contributed by atoms with E-state index in [1.807, 2.05) is 6.07 Å². The largest absolute Gasteiger partial charge is 0.512 e. The van der Waals surface area contributed by atoms with Crippen LogP contribution in [-0.2, 0) is 75.9 Å². The molecule has 3 aliphatic heterocycles. The number of para-hydroxylation sites is 1. The quantitative estimate of drug-likeness (QED) is 0.0439. The fourth-order valence-electron chi connectivity index (χ4n) is 15.1. The van der Waals surface area contributed by atoms with E-state index >= 15 is 0 Å². The predicted octanol–water partition coefficient (Wildman–Crippen LogP) is 23.7. The van der Waals surface area contributed by atoms with Crippen LogP contribution in [0.5, 0.6) is 0 Å². The van der Waals surface area contributed by atoms with E-state index in [4.69, 9.17) is 20.2 Å². The smallest absolute Gasteiger partial charge is 0.221 e. The molecule has 15 aromatic rings. The molecule has 0 unspecified atom stereocenters. The van der Waals surface area contributed by atoms with Crippen molar-refractivity contribution in [2.45, 2.75) is 141 Å². The summed E-state index contributed by atoms with van der Waals surface area (Å²) in [6, 6.07) is 95.3. The molecule has 3 aliphatic rings. The number of aromatic nitrogens is 5. The zero-order chi connectivity index (χ0) is 78.1. The van der Waals surface area contributed by atoms with Crippen molar-refractivity contribution in [3.8, 4) is 56.3 Å². The van der Waals surface area contributed by atoms with Gasteiger partial charge in [-0.2, -0.15) is 13.7 Å². The Kier molecular flexibility index (Phi) is 29.8. The van der Waals surface area contributed by atoms with E-state index in [0.29, 0.717) is 0 Å². The Morgan fingerprint density at radius 3 is 1.46 bits per heavy atom. The van der Waals surface area contributed by atoms with E-state index in [-0.39, 0.29) is 63.3 Å². The molecule has 0 bridgehead atoms. The average Bonchev–Trinajstić information content (AvgIpc) is 1.62. The van der Waals surface area contributed by atoms with Crippen LogP contribution in [0.4, 0.5) is 0 Å². The predicted molar refractivity (Wildman–Crippen MR) is 458 cm³/mol. The van der Waals surface area contributed by atoms with Crippen LogP contribution in [0.1, 0.15) is 129 Å². The maximum Gasteiger partial charge on any atom is 0.221 e. The molecule has 0 fully saturated rings. The van der Waals surface area contributed by atoms with E-state index in [1.54, 1.807) is 0 Å². The molecule has 9 nitrogen and oxygen atoms in total. The molecule has 2 N–H and O–H groups in total. The molecule has 8 heterocycles. The molecular formula is C102H100Ir2N5O4+. The Hall–Kier alpha value is -11.0. The second-order valence-electron chi connectivity index (χ2n) is 29.5. The number of unbranched alkanes of at least 4 members (excludes halogenated alkanes) is 5. The molecule has 0 aliphatic carbocycles. The number of pyridine rings is 5. The molecule has 18 rings (SSSR count). The number of ketones is 2. The molecule has 11 heteroatoms. The maximum absolute atomic E-state index is 10.0. The van der Waals surface area contributed by atoms with Crippen LogP contribution in [0.25, 0.3) is 111 Å². The summed E-state index contributed by atoms with van der Waals surface area (Å²) in [6.45, 7) is 23.6. The van der Waals surface area contributed by atoms with Gasteiger partial charge in [-0.25, -0.2) is 0 Å². The normalized spacial score (nSPS) is 11.6. The van der Waals surface area contributed by atoms with Crippen molar-refractivity contribution in [3.05, 3.63) is 353 Å². The summed E-state index contributed by atoms with van der Waals surface area (Å²) >= 11 is 0. The van der Waals surface area contributed by atoms with Crippen LogP contribution in [0.2, 0.25) is 0 Å². The molecule has 0 saturated carbocycles. The fourth-order valence-corrected chi connectivity index (χ4v) is 15.1. The molecular weight excluding hydrogens is 1740 g/mol. The second kappa shape index (κ2) is 39.9. The van der Waals surface area contributed by atoms with E-state index in [2.05, 4.69) is 329 Å². The summed E-state index contributed by atoms with van der Waals surface area (Å²) in [5.74, 6) is -0.125. The minimum absolute atomic E-state index is 0. The van der Waals surface area contributed by atoms with Crippen molar-refractivity contribution in [2.24, 2.45) is 0 Å². The van der Waals surface area contributed by atoms with Gasteiger partial charge in [0.2, 0.25) is 22.6 Å². The molecule has 0 spiro atoms. The number of aryl methyl sites for hydroxylation is 7. The van der Waals surface area contributed by atoms with Crippen molar-refractivity contribution >= 4 is 65.8 Å². The van der Waals surface area contributed by atoms with E-state index < -0.39 is 0 Å². The molecule has 574 valence electrons. The molecule has 0 amide bonds. The first-order valence-electron chi connectivity index (χ1n) is 38.8. The summed E-state index contributed by atoms with van der Waals surface area (Å²) < 4.78 is 7.18. The van der Waals surface area contributed by atoms with Gasteiger partial charge in [-0.15, -0.1) is 70.3 Å². The SMILES string of the molecule is CC(=O)C=C(C)O.CC(=O)C=C(C)O.CCCCCCCCc1ccc2c(c1)C[n+]1ccc3ccccc3c1-2.Cc1[c-]c(-c2ccc3ccc(C)cc3n2)cc(C)c1.Cc1cc2ccccc2[n+]2c1-c1ccccc1C2.Cc1cc[c-]c(-c2ccc3ccc(C)cc3n2)c1.[Ir].[Ir].c1ccc2c(c1)C[n+]1ccc3ccccc3c1-2. The van der Waals surface area contributed by atoms with Crippen LogP contribution < -0.4 is 13.7 Å². The van der Waals surface area contributed by atoms with E-state index in [9.17, 15) is 9.59 Å². The van der Waals surface area contributed by atoms with Crippen LogP contribution in [0.15, 0.2) is 285 Å². The number of hydrogen-bond acceptors (Lipinski definition) is 6. The van der Waals surface area contributed by atoms with Gasteiger partial charge in [0.1, 0.15) is 0 Å². The third-order valence-corrected chi connectivity index (χ3v) is 20.1. The van der Waals surface area contributed by atoms with Crippen LogP contribution in [0, 0.1) is 53.7 Å². The first-order valence-corrected chi connectivity index (χ1v) is 38.8. The summed E-state index contributed by atoms with van der Waals surface area (Å²) in [5.41, 5.74) is 29.1. The van der Waals surface area contributed by atoms with Crippen molar-refractivity contribution < 1.29 is 73.7 Å². The molecule has 0 saturated heterocycles. The number of hydrogen-bond donors (Lipinski definition) is 2. The number of fused-ring (bicyclic) bond motifs is 17. The zero-order valence-corrected chi connectivity index (χ0v) is 71.5. The van der Waals surface area contributed by atoms with Crippen LogP contribution in [0.3, 0.4) is 0 Å². The summed E-state index contributed by atoms with van der Waals surface area (Å²) in [5, 5.41) is 25.8. The van der Waals surface area contributed by atoms with Gasteiger partial charge in [0.05, 0.1) is 50.0 Å². The second-order valence-corrected chi connectivity index (χ2v) is 29.5. The number of rotatable bonds is 11. The summed E-state index contributed by atoms with van der Waals surface area (Å²) in [4.78, 5) is 29.5. The third-order valence-electron chi connectivity index (χ3n) is 20.1. The van der Waals surface area contributed by atoms with Gasteiger partial charge in [-0.3, -0.25) is 19.6 Å². The third kappa shape index (κ3) is 21.8. The molecule has 0 atom stereocenters. The first-order chi connectivity index (χ1) is 53.7. The molecule has 5 aromatic heterocycles. The number of aliphatic hydroxyl groups excluding tert-OH is 2. The van der Waals surface area contributed by atoms with Gasteiger partial charge in [-0.1, -0.05) is 199 Å². The van der Waals surface area contributed by atoms with Crippen molar-refractivity contribution in [2.75, 3.05) is 0 Å². The van der Waals surface area contributed by atoms with Crippen LogP contribution in [-0.4, -0.2) is 31.7 Å². The Labute approximate surface area is 693 Å². The van der Waals surface area contributed by atoms with Gasteiger partial charge in [0, 0.05) is 98.2 Å². The van der Waals surface area contributed by atoms with Crippen molar-refractivity contribution in [1.29, 1.82) is 0 Å². The summed E-state index contributed by atoms with van der Waals surface area (Å²) in [6.07, 6.45) is 16.2. The standard InChI is InChI=1S/C24H28N.C18H16N.2C17H14N.C16H12N.2C5H8O2.2Ir/c1-2-3-4-5-6-7-10-19-13-14-23-21(17-19)18-25-16-15-20-11-8-9-12-22(20)24(23)25;1-12-4-5-15-6-7-17(19-18(15)11-12)16-9-13(2)8-14(3)10-16;1-12-10-13-6-3-5-9-16(13)18-11-14-7-2-4-8-15(14)17(12)18;1-12-4-3-5-15(10-12)16-9-8-14-7-6-13(2)11-17(14)18-16;1-3-7-14-12(5-1)9-10-17-11-13-6-2-4-8-15(13)16(14)17;2*1-4(6)3-5(2)7;;/h8-9,11-17H,2-7,10,18H2,1H3;4-9,11H,1-3H3;2-10H,11H2,1H3;3-4,6-11H,1-2H3;1-10H,11H2;2*3,6H,1-2H3;;/q+1;-1;+1;-1;+1;;;;. The number of allylic oxidation sites excluding steroid dienone is 4. The van der Waals surface area contributed by atoms with Gasteiger partial charge in [0.25, 0.3) is 0 Å². The summed E-state index contributed by atoms with van der Waals surface area (Å²) in [7, 11) is 0. The van der Waals surface area contributed by atoms with Crippen molar-refractivity contribution in [1.82, 2.24) is 9.97 Å². The van der Waals surface area contributed by atoms with Gasteiger partial charge >= 0.3 is 0 Å². The average molecular weight is 1840 g/mol. The molecule has 113 heavy (non-hydrogen) atoms. The number of carbonyl (C=O) groups is 2. The number of nitrogens with zero attached hydrogens (tertiary/aromatic N) is 5. The maximum atomic E-state index is 10.0. The Bertz CT molecular complexity index is 5920. The molecule has 2 radical (unpaired) electrons. The van der Waals surface area contributed by atoms with E-state index in [1.165, 1.54) is 212 Å². The topological polar surface area (TPSA) is 112 Å². The number of carbonyl (C=O) groups excluding carboxylic acids is 2. The zero-order valence-electron chi connectivity index (χ0n) is 66.7. The van der Waals surface area contributed by atoms with Gasteiger partial charge in [-0.05, 0) is 172 Å². The van der Waals surface area contributed by atoms with Gasteiger partial charge < -0.3 is 10.2 Å². The Morgan fingerprint density at radius 1 is 0.425 bits per heavy atom. The van der Waals surface area contributed by atoms with Crippen LogP contribution >= 0.6 is 0 Å². The Morgan fingerprint density at radius 2 is 0.903 bits per heavy atom. The molecule has 10 aromatic carbocycles. The fraction of sp³-hybridized carbons (Fsp3) is 0.206. The minimum Gasteiger partial charge on any atom is -0.512 e. The Balaban J connectivity index is 0.000000144. The van der Waals surface area contributed by atoms with Gasteiger partial charge in [0.15, 0.2) is 43.6 Å². The van der Waals surface area contributed by atoms with E-state index in [0.717, 1.165) is 58.7 Å². The monoisotopic (exact) mass is 1840 g/mol. The number of aliphatic hydroxyl groups is 2. The number of benzene rings is 10. The minimum atomic E-state index is -0.125. The van der Waals surface area contributed by atoms with Crippen molar-refractivity contribution in [3.63, 3.8) is 0 Å². The first kappa shape index (κ1) is 84.4.